The van der Waals surface area contributed by atoms with Gasteiger partial charge in [-0.15, -0.1) is 0 Å². The predicted octanol–water partition coefficient (Wildman–Crippen LogP) is 1.60. The van der Waals surface area contributed by atoms with E-state index in [1.54, 1.807) is 0 Å². The Bertz CT molecular complexity index is 476. The number of likely N-dealkylation sites (tertiary alicyclic amines) is 1. The average Bonchev–Trinajstić information content (AvgIpc) is 3.03. The molecule has 1 amide bonds. The maximum atomic E-state index is 12.8. The van der Waals surface area contributed by atoms with Crippen molar-refractivity contribution in [2.24, 2.45) is 0 Å². The molecule has 20 heavy (non-hydrogen) atoms. The highest BCUT2D eigenvalue weighted by Crippen LogP contribution is 2.29. The van der Waals surface area contributed by atoms with Gasteiger partial charge in [0.25, 0.3) is 0 Å². The van der Waals surface area contributed by atoms with Crippen molar-refractivity contribution in [1.29, 1.82) is 0 Å². The number of hydrogen-bond donors (Lipinski definition) is 1. The maximum absolute atomic E-state index is 12.8. The van der Waals surface area contributed by atoms with Crippen LogP contribution in [-0.2, 0) is 4.79 Å². The summed E-state index contributed by atoms with van der Waals surface area (Å²) in [5.41, 5.74) is 1.07. The van der Waals surface area contributed by atoms with Gasteiger partial charge in [-0.05, 0) is 32.0 Å². The molecule has 2 heterocycles. The van der Waals surface area contributed by atoms with Crippen LogP contribution in [0.4, 0.5) is 0 Å². The number of carbonyl (C=O) groups is 1. The Morgan fingerprint density at radius 2 is 2.05 bits per heavy atom. The Morgan fingerprint density at radius 3 is 2.65 bits per heavy atom. The molecular formula is C16H23N3O. The lowest BCUT2D eigenvalue weighted by Gasteiger charge is -2.29. The van der Waals surface area contributed by atoms with Gasteiger partial charge in [-0.2, -0.15) is 0 Å². The Balaban J connectivity index is 1.82. The van der Waals surface area contributed by atoms with Gasteiger partial charge in [-0.3, -0.25) is 10.1 Å². The van der Waals surface area contributed by atoms with Crippen LogP contribution in [0.5, 0.6) is 0 Å². The molecule has 0 aromatic heterocycles. The summed E-state index contributed by atoms with van der Waals surface area (Å²) in [6.07, 6.45) is 2.21. The normalized spacial score (nSPS) is 31.2. The molecular weight excluding hydrogens is 250 g/mol. The zero-order chi connectivity index (χ0) is 14.1. The molecule has 2 aliphatic heterocycles. The summed E-state index contributed by atoms with van der Waals surface area (Å²) < 4.78 is 0. The monoisotopic (exact) mass is 273 g/mol. The third-order valence-electron chi connectivity index (χ3n) is 4.48. The molecule has 2 aliphatic rings. The molecule has 0 saturated carbocycles. The molecule has 0 aliphatic carbocycles. The number of likely N-dealkylation sites (N-methyl/N-ethyl adjacent to an activating group) is 1. The molecule has 2 fully saturated rings. The van der Waals surface area contributed by atoms with Crippen LogP contribution in [0.1, 0.15) is 31.4 Å². The lowest BCUT2D eigenvalue weighted by atomic mass is 10.1. The van der Waals surface area contributed by atoms with Gasteiger partial charge in [0.05, 0.1) is 6.17 Å². The molecule has 2 saturated heterocycles. The number of nitrogens with one attached hydrogen (secondary N) is 1. The molecule has 3 unspecified atom stereocenters. The van der Waals surface area contributed by atoms with Gasteiger partial charge in [0.15, 0.2) is 0 Å². The van der Waals surface area contributed by atoms with Crippen LogP contribution in [0.25, 0.3) is 0 Å². The Labute approximate surface area is 120 Å². The van der Waals surface area contributed by atoms with Gasteiger partial charge in [0, 0.05) is 12.6 Å². The zero-order valence-electron chi connectivity index (χ0n) is 12.2. The van der Waals surface area contributed by atoms with E-state index in [1.165, 1.54) is 0 Å². The lowest BCUT2D eigenvalue weighted by molar-refractivity contribution is -0.132. The summed E-state index contributed by atoms with van der Waals surface area (Å²) in [5.74, 6) is 0.239. The number of hydrogen-bond acceptors (Lipinski definition) is 3. The minimum atomic E-state index is -0.174. The van der Waals surface area contributed by atoms with Gasteiger partial charge in [-0.1, -0.05) is 37.3 Å². The highest BCUT2D eigenvalue weighted by Gasteiger charge is 2.43. The van der Waals surface area contributed by atoms with E-state index < -0.39 is 0 Å². The van der Waals surface area contributed by atoms with Gasteiger partial charge in [0.2, 0.25) is 5.91 Å². The van der Waals surface area contributed by atoms with Crippen molar-refractivity contribution in [1.82, 2.24) is 15.1 Å². The van der Waals surface area contributed by atoms with Gasteiger partial charge in [0.1, 0.15) is 6.04 Å². The summed E-state index contributed by atoms with van der Waals surface area (Å²) >= 11 is 0. The summed E-state index contributed by atoms with van der Waals surface area (Å²) in [7, 11) is 2.13. The number of benzene rings is 1. The molecule has 0 spiro atoms. The Kier molecular flexibility index (Phi) is 3.76. The second-order valence-corrected chi connectivity index (χ2v) is 5.88. The van der Waals surface area contributed by atoms with Gasteiger partial charge >= 0.3 is 0 Å². The minimum absolute atomic E-state index is 0.171. The van der Waals surface area contributed by atoms with Crippen LogP contribution in [0.15, 0.2) is 30.3 Å². The number of nitrogens with zero attached hydrogens (tertiary/aromatic N) is 2. The fraction of sp³-hybridized carbons (Fsp3) is 0.562. The van der Waals surface area contributed by atoms with E-state index in [1.807, 2.05) is 30.3 Å². The van der Waals surface area contributed by atoms with E-state index in [0.29, 0.717) is 6.04 Å². The molecule has 4 nitrogen and oxygen atoms in total. The van der Waals surface area contributed by atoms with Gasteiger partial charge < -0.3 is 9.80 Å². The third kappa shape index (κ3) is 2.34. The van der Waals surface area contributed by atoms with E-state index >= 15 is 0 Å². The first kappa shape index (κ1) is 13.6. The first-order valence-corrected chi connectivity index (χ1v) is 7.52. The molecule has 3 rings (SSSR count). The van der Waals surface area contributed by atoms with Crippen molar-refractivity contribution in [3.8, 4) is 0 Å². The zero-order valence-corrected chi connectivity index (χ0v) is 12.2. The molecule has 4 heteroatoms. The summed E-state index contributed by atoms with van der Waals surface area (Å²) in [4.78, 5) is 17.2. The number of amides is 1. The van der Waals surface area contributed by atoms with Crippen molar-refractivity contribution >= 4 is 5.91 Å². The molecule has 1 aromatic rings. The van der Waals surface area contributed by atoms with Crippen molar-refractivity contribution in [3.63, 3.8) is 0 Å². The van der Waals surface area contributed by atoms with Crippen LogP contribution in [0.3, 0.4) is 0 Å². The predicted molar refractivity (Wildman–Crippen MR) is 79.1 cm³/mol. The summed E-state index contributed by atoms with van der Waals surface area (Å²) in [6, 6.07) is 10.2. The van der Waals surface area contributed by atoms with Crippen LogP contribution in [-0.4, -0.2) is 48.1 Å². The standard InChI is InChI=1S/C16H23N3O/c1-3-14-17-15(12-7-5-4-6-8-12)16(20)19(14)13-9-10-18(2)11-13/h4-8,13-15,17H,3,9-11H2,1-2H3. The molecule has 1 aromatic carbocycles. The second-order valence-electron chi connectivity index (χ2n) is 5.88. The minimum Gasteiger partial charge on any atom is -0.321 e. The molecule has 0 bridgehead atoms. The largest absolute Gasteiger partial charge is 0.321 e. The van der Waals surface area contributed by atoms with Crippen LogP contribution in [0, 0.1) is 0 Å². The Morgan fingerprint density at radius 1 is 1.30 bits per heavy atom. The SMILES string of the molecule is CCC1NC(c2ccccc2)C(=O)N1C1CCN(C)C1. The van der Waals surface area contributed by atoms with Crippen molar-refractivity contribution < 1.29 is 4.79 Å². The first-order chi connectivity index (χ1) is 9.70. The van der Waals surface area contributed by atoms with E-state index in [0.717, 1.165) is 31.5 Å². The first-order valence-electron chi connectivity index (χ1n) is 7.52. The maximum Gasteiger partial charge on any atom is 0.245 e. The third-order valence-corrected chi connectivity index (χ3v) is 4.48. The number of rotatable bonds is 3. The molecule has 0 radical (unpaired) electrons. The van der Waals surface area contributed by atoms with Crippen LogP contribution < -0.4 is 5.32 Å². The highest BCUT2D eigenvalue weighted by molar-refractivity contribution is 5.86. The van der Waals surface area contributed by atoms with E-state index in [2.05, 4.69) is 29.1 Å². The van der Waals surface area contributed by atoms with Gasteiger partial charge in [-0.25, -0.2) is 0 Å². The lowest BCUT2D eigenvalue weighted by Crippen LogP contribution is -2.45. The summed E-state index contributed by atoms with van der Waals surface area (Å²) in [5, 5.41) is 3.51. The van der Waals surface area contributed by atoms with Crippen LogP contribution >= 0.6 is 0 Å². The average molecular weight is 273 g/mol. The van der Waals surface area contributed by atoms with Crippen molar-refractivity contribution in [2.75, 3.05) is 20.1 Å². The highest BCUT2D eigenvalue weighted by atomic mass is 16.2. The van der Waals surface area contributed by atoms with E-state index in [9.17, 15) is 4.79 Å². The van der Waals surface area contributed by atoms with Crippen LogP contribution in [0.2, 0.25) is 0 Å². The fourth-order valence-electron chi connectivity index (χ4n) is 3.42. The van der Waals surface area contributed by atoms with Crippen molar-refractivity contribution in [3.05, 3.63) is 35.9 Å². The number of carbonyl (C=O) groups excluding carboxylic acids is 1. The van der Waals surface area contributed by atoms with E-state index in [-0.39, 0.29) is 18.1 Å². The Hall–Kier alpha value is -1.39. The van der Waals surface area contributed by atoms with Crippen molar-refractivity contribution in [2.45, 2.75) is 38.0 Å². The second kappa shape index (κ2) is 5.54. The topological polar surface area (TPSA) is 35.6 Å². The molecule has 108 valence electrons. The molecule has 3 atom stereocenters. The molecule has 1 N–H and O–H groups in total. The summed E-state index contributed by atoms with van der Waals surface area (Å²) in [6.45, 7) is 4.22. The smallest absolute Gasteiger partial charge is 0.245 e. The quantitative estimate of drug-likeness (QED) is 0.908. The fourth-order valence-corrected chi connectivity index (χ4v) is 3.42. The van der Waals surface area contributed by atoms with E-state index in [4.69, 9.17) is 0 Å².